The Morgan fingerprint density at radius 2 is 2.22 bits per heavy atom. The SMILES string of the molecule is COc1ncccc1NC(=O)c1cc(C)nn1C1CCOCC1. The van der Waals surface area contributed by atoms with Gasteiger partial charge in [-0.1, -0.05) is 0 Å². The van der Waals surface area contributed by atoms with Gasteiger partial charge >= 0.3 is 0 Å². The van der Waals surface area contributed by atoms with E-state index in [4.69, 9.17) is 9.47 Å². The Morgan fingerprint density at radius 1 is 1.43 bits per heavy atom. The summed E-state index contributed by atoms with van der Waals surface area (Å²) >= 11 is 0. The van der Waals surface area contributed by atoms with Crippen LogP contribution in [-0.2, 0) is 4.74 Å². The number of pyridine rings is 1. The summed E-state index contributed by atoms with van der Waals surface area (Å²) in [5.74, 6) is 0.165. The van der Waals surface area contributed by atoms with E-state index in [0.29, 0.717) is 30.5 Å². The lowest BCUT2D eigenvalue weighted by Gasteiger charge is -2.24. The minimum Gasteiger partial charge on any atom is -0.480 e. The number of anilines is 1. The highest BCUT2D eigenvalue weighted by atomic mass is 16.5. The Bertz CT molecular complexity index is 692. The lowest BCUT2D eigenvalue weighted by Crippen LogP contribution is -2.25. The second kappa shape index (κ2) is 6.78. The standard InChI is InChI=1S/C16H20N4O3/c1-11-10-14(20(19-11)12-5-8-23-9-6-12)15(21)18-13-4-3-7-17-16(13)22-2/h3-4,7,10,12H,5-6,8-9H2,1-2H3,(H,18,21). The highest BCUT2D eigenvalue weighted by Gasteiger charge is 2.23. The summed E-state index contributed by atoms with van der Waals surface area (Å²) in [6.45, 7) is 3.28. The van der Waals surface area contributed by atoms with Gasteiger partial charge in [-0.2, -0.15) is 5.10 Å². The molecular formula is C16H20N4O3. The molecule has 3 rings (SSSR count). The molecule has 7 heteroatoms. The number of hydrogen-bond donors (Lipinski definition) is 1. The summed E-state index contributed by atoms with van der Waals surface area (Å²) < 4.78 is 12.4. The maximum Gasteiger partial charge on any atom is 0.274 e. The molecule has 1 aliphatic heterocycles. The Morgan fingerprint density at radius 3 is 2.96 bits per heavy atom. The lowest BCUT2D eigenvalue weighted by molar-refractivity contribution is 0.0646. The molecule has 0 unspecified atom stereocenters. The van der Waals surface area contributed by atoms with Crippen LogP contribution in [0.5, 0.6) is 5.88 Å². The summed E-state index contributed by atoms with van der Waals surface area (Å²) in [7, 11) is 1.52. The van der Waals surface area contributed by atoms with Gasteiger partial charge in [0, 0.05) is 19.4 Å². The fraction of sp³-hybridized carbons (Fsp3) is 0.438. The number of amides is 1. The molecule has 7 nitrogen and oxygen atoms in total. The van der Waals surface area contributed by atoms with E-state index >= 15 is 0 Å². The zero-order valence-electron chi connectivity index (χ0n) is 13.3. The molecule has 0 aromatic carbocycles. The third kappa shape index (κ3) is 3.34. The van der Waals surface area contributed by atoms with Crippen molar-refractivity contribution in [3.63, 3.8) is 0 Å². The van der Waals surface area contributed by atoms with Crippen LogP contribution in [0.3, 0.4) is 0 Å². The van der Waals surface area contributed by atoms with Crippen LogP contribution >= 0.6 is 0 Å². The van der Waals surface area contributed by atoms with Gasteiger partial charge in [0.15, 0.2) is 0 Å². The van der Waals surface area contributed by atoms with Crippen molar-refractivity contribution in [2.24, 2.45) is 0 Å². The van der Waals surface area contributed by atoms with Gasteiger partial charge in [0.05, 0.1) is 18.8 Å². The Balaban J connectivity index is 1.84. The van der Waals surface area contributed by atoms with Crippen molar-refractivity contribution in [1.29, 1.82) is 0 Å². The van der Waals surface area contributed by atoms with E-state index in [1.807, 2.05) is 11.6 Å². The molecule has 3 heterocycles. The highest BCUT2D eigenvalue weighted by molar-refractivity contribution is 6.03. The summed E-state index contributed by atoms with van der Waals surface area (Å²) in [6, 6.07) is 5.49. The first-order chi connectivity index (χ1) is 11.2. The van der Waals surface area contributed by atoms with Crippen LogP contribution in [0.15, 0.2) is 24.4 Å². The average molecular weight is 316 g/mol. The van der Waals surface area contributed by atoms with Crippen LogP contribution in [-0.4, -0.2) is 41.0 Å². The summed E-state index contributed by atoms with van der Waals surface area (Å²) in [5.41, 5.74) is 1.90. The molecule has 0 spiro atoms. The predicted molar refractivity (Wildman–Crippen MR) is 84.8 cm³/mol. The Kier molecular flexibility index (Phi) is 4.57. The number of hydrogen-bond acceptors (Lipinski definition) is 5. The lowest BCUT2D eigenvalue weighted by atomic mass is 10.1. The average Bonchev–Trinajstić information content (AvgIpc) is 2.98. The Hall–Kier alpha value is -2.41. The summed E-state index contributed by atoms with van der Waals surface area (Å²) in [6.07, 6.45) is 3.33. The van der Waals surface area contributed by atoms with E-state index in [-0.39, 0.29) is 11.9 Å². The molecule has 1 aliphatic rings. The molecule has 1 saturated heterocycles. The van der Waals surface area contributed by atoms with Crippen LogP contribution in [0.25, 0.3) is 0 Å². The molecular weight excluding hydrogens is 296 g/mol. The molecule has 0 bridgehead atoms. The van der Waals surface area contributed by atoms with Crippen LogP contribution in [0.4, 0.5) is 5.69 Å². The zero-order chi connectivity index (χ0) is 16.2. The van der Waals surface area contributed by atoms with Gasteiger partial charge in [-0.15, -0.1) is 0 Å². The quantitative estimate of drug-likeness (QED) is 0.935. The van der Waals surface area contributed by atoms with Crippen molar-refractivity contribution in [1.82, 2.24) is 14.8 Å². The van der Waals surface area contributed by atoms with Crippen molar-refractivity contribution in [3.8, 4) is 5.88 Å². The minimum absolute atomic E-state index is 0.189. The van der Waals surface area contributed by atoms with Gasteiger partial charge in [0.2, 0.25) is 5.88 Å². The fourth-order valence-corrected chi connectivity index (χ4v) is 2.73. The van der Waals surface area contributed by atoms with E-state index < -0.39 is 0 Å². The van der Waals surface area contributed by atoms with Crippen LogP contribution in [0, 0.1) is 6.92 Å². The molecule has 0 radical (unpaired) electrons. The predicted octanol–water partition coefficient (Wildman–Crippen LogP) is 2.20. The molecule has 0 atom stereocenters. The van der Waals surface area contributed by atoms with Crippen molar-refractivity contribution >= 4 is 11.6 Å². The molecule has 2 aromatic heterocycles. The maximum absolute atomic E-state index is 12.7. The van der Waals surface area contributed by atoms with Crippen LogP contribution < -0.4 is 10.1 Å². The molecule has 0 saturated carbocycles. The van der Waals surface area contributed by atoms with Gasteiger partial charge in [-0.3, -0.25) is 9.48 Å². The largest absolute Gasteiger partial charge is 0.480 e. The number of carbonyl (C=O) groups is 1. The second-order valence-electron chi connectivity index (χ2n) is 5.47. The number of rotatable bonds is 4. The van der Waals surface area contributed by atoms with Crippen molar-refractivity contribution < 1.29 is 14.3 Å². The molecule has 122 valence electrons. The Labute approximate surface area is 134 Å². The topological polar surface area (TPSA) is 78.3 Å². The smallest absolute Gasteiger partial charge is 0.274 e. The van der Waals surface area contributed by atoms with Gasteiger partial charge in [0.1, 0.15) is 11.4 Å². The van der Waals surface area contributed by atoms with Crippen molar-refractivity contribution in [2.45, 2.75) is 25.8 Å². The molecule has 1 amide bonds. The maximum atomic E-state index is 12.7. The number of ether oxygens (including phenoxy) is 2. The molecule has 23 heavy (non-hydrogen) atoms. The number of nitrogens with zero attached hydrogens (tertiary/aromatic N) is 3. The molecule has 0 aliphatic carbocycles. The minimum atomic E-state index is -0.219. The van der Waals surface area contributed by atoms with Crippen molar-refractivity contribution in [2.75, 3.05) is 25.6 Å². The van der Waals surface area contributed by atoms with E-state index in [2.05, 4.69) is 15.4 Å². The molecule has 1 N–H and O–H groups in total. The van der Waals surface area contributed by atoms with Crippen LogP contribution in [0.2, 0.25) is 0 Å². The number of nitrogens with one attached hydrogen (secondary N) is 1. The molecule has 1 fully saturated rings. The molecule has 2 aromatic rings. The van der Waals surface area contributed by atoms with E-state index in [1.54, 1.807) is 24.4 Å². The van der Waals surface area contributed by atoms with E-state index in [9.17, 15) is 4.79 Å². The summed E-state index contributed by atoms with van der Waals surface area (Å²) in [5, 5.41) is 7.35. The highest BCUT2D eigenvalue weighted by Crippen LogP contribution is 2.25. The van der Waals surface area contributed by atoms with Crippen molar-refractivity contribution in [3.05, 3.63) is 35.8 Å². The first-order valence-electron chi connectivity index (χ1n) is 7.63. The summed E-state index contributed by atoms with van der Waals surface area (Å²) in [4.78, 5) is 16.8. The first kappa shape index (κ1) is 15.5. The number of aryl methyl sites for hydroxylation is 1. The van der Waals surface area contributed by atoms with Gasteiger partial charge < -0.3 is 14.8 Å². The normalized spacial score (nSPS) is 15.4. The van der Waals surface area contributed by atoms with Gasteiger partial charge in [0.25, 0.3) is 5.91 Å². The number of methoxy groups -OCH3 is 1. The third-order valence-electron chi connectivity index (χ3n) is 3.84. The first-order valence-corrected chi connectivity index (χ1v) is 7.63. The van der Waals surface area contributed by atoms with Crippen LogP contribution in [0.1, 0.15) is 35.1 Å². The van der Waals surface area contributed by atoms with E-state index in [0.717, 1.165) is 18.5 Å². The fourth-order valence-electron chi connectivity index (χ4n) is 2.73. The van der Waals surface area contributed by atoms with E-state index in [1.165, 1.54) is 7.11 Å². The van der Waals surface area contributed by atoms with Gasteiger partial charge in [-0.25, -0.2) is 4.98 Å². The second-order valence-corrected chi connectivity index (χ2v) is 5.47. The van der Waals surface area contributed by atoms with Gasteiger partial charge in [-0.05, 0) is 38.0 Å². The number of aromatic nitrogens is 3. The monoisotopic (exact) mass is 316 g/mol. The zero-order valence-corrected chi connectivity index (χ0v) is 13.3. The third-order valence-corrected chi connectivity index (χ3v) is 3.84. The number of carbonyl (C=O) groups excluding carboxylic acids is 1.